The third-order valence-corrected chi connectivity index (χ3v) is 5.38. The number of aromatic nitrogens is 1. The van der Waals surface area contributed by atoms with Crippen molar-refractivity contribution >= 4 is 17.8 Å². The van der Waals surface area contributed by atoms with Crippen LogP contribution in [0.4, 0.5) is 5.82 Å². The molecule has 0 aliphatic carbocycles. The van der Waals surface area contributed by atoms with E-state index in [1.807, 2.05) is 0 Å². The van der Waals surface area contributed by atoms with E-state index in [0.717, 1.165) is 32.5 Å². The van der Waals surface area contributed by atoms with Gasteiger partial charge in [-0.05, 0) is 63.0 Å². The first-order chi connectivity index (χ1) is 14.9. The first kappa shape index (κ1) is 22.4. The molecule has 0 saturated carbocycles. The number of H-pyrrole nitrogens is 1. The van der Waals surface area contributed by atoms with Crippen LogP contribution in [-0.2, 0) is 0 Å². The van der Waals surface area contributed by atoms with E-state index in [1.54, 1.807) is 12.1 Å². The molecule has 1 aliphatic heterocycles. The number of carbonyl (C=O) groups is 2. The van der Waals surface area contributed by atoms with Crippen LogP contribution in [0.1, 0.15) is 52.8 Å². The predicted octanol–water partition coefficient (Wildman–Crippen LogP) is 2.67. The fourth-order valence-corrected chi connectivity index (χ4v) is 3.89. The number of likely N-dealkylation sites (tertiary alicyclic amines) is 1. The number of carboxylic acid groups (broad SMARTS) is 2. The highest BCUT2D eigenvalue weighted by molar-refractivity contribution is 6.07. The van der Waals surface area contributed by atoms with E-state index in [4.69, 9.17) is 10.5 Å². The van der Waals surface area contributed by atoms with Gasteiger partial charge in [0.25, 0.3) is 5.56 Å². The van der Waals surface area contributed by atoms with Crippen LogP contribution in [0.5, 0.6) is 5.75 Å². The maximum Gasteiger partial charge on any atom is 0.342 e. The fourth-order valence-electron chi connectivity index (χ4n) is 3.89. The van der Waals surface area contributed by atoms with Crippen molar-refractivity contribution in [2.75, 3.05) is 32.0 Å². The van der Waals surface area contributed by atoms with Crippen LogP contribution < -0.4 is 16.0 Å². The highest BCUT2D eigenvalue weighted by Crippen LogP contribution is 2.31. The molecule has 9 nitrogen and oxygen atoms in total. The van der Waals surface area contributed by atoms with E-state index in [9.17, 15) is 24.6 Å². The molecular formula is C22H27N3O6. The monoisotopic (exact) mass is 429 g/mol. The number of hydrogen-bond acceptors (Lipinski definition) is 6. The zero-order valence-electron chi connectivity index (χ0n) is 17.2. The number of ether oxygens (including phenoxy) is 1. The number of nitrogens with zero attached hydrogens (tertiary/aromatic N) is 1. The van der Waals surface area contributed by atoms with Gasteiger partial charge in [-0.15, -0.1) is 0 Å². The Morgan fingerprint density at radius 1 is 1.06 bits per heavy atom. The van der Waals surface area contributed by atoms with E-state index >= 15 is 0 Å². The number of hydrogen-bond donors (Lipinski definition) is 4. The van der Waals surface area contributed by atoms with Gasteiger partial charge in [0.15, 0.2) is 0 Å². The number of aromatic carboxylic acids is 2. The number of nitrogen functional groups attached to an aromatic ring is 1. The summed E-state index contributed by atoms with van der Waals surface area (Å²) in [4.78, 5) is 40.1. The quantitative estimate of drug-likeness (QED) is 0.445. The molecule has 2 aromatic rings. The third-order valence-electron chi connectivity index (χ3n) is 5.38. The van der Waals surface area contributed by atoms with E-state index in [-0.39, 0.29) is 11.1 Å². The molecule has 1 saturated heterocycles. The number of carboxylic acids is 2. The summed E-state index contributed by atoms with van der Waals surface area (Å²) in [7, 11) is 0. The summed E-state index contributed by atoms with van der Waals surface area (Å²) in [6.45, 7) is 3.83. The van der Waals surface area contributed by atoms with Gasteiger partial charge in [0.05, 0.1) is 6.61 Å². The number of piperidine rings is 1. The van der Waals surface area contributed by atoms with Crippen LogP contribution in [0, 0.1) is 0 Å². The molecule has 0 spiro atoms. The minimum atomic E-state index is -1.54. The largest absolute Gasteiger partial charge is 0.494 e. The van der Waals surface area contributed by atoms with E-state index in [1.165, 1.54) is 31.4 Å². The van der Waals surface area contributed by atoms with Crippen LogP contribution in [0.2, 0.25) is 0 Å². The molecule has 0 amide bonds. The van der Waals surface area contributed by atoms with Gasteiger partial charge >= 0.3 is 11.9 Å². The Morgan fingerprint density at radius 3 is 2.45 bits per heavy atom. The van der Waals surface area contributed by atoms with E-state index in [2.05, 4.69) is 9.88 Å². The average Bonchev–Trinajstić information content (AvgIpc) is 2.73. The topological polar surface area (TPSA) is 146 Å². The molecule has 1 fully saturated rings. The van der Waals surface area contributed by atoms with Crippen LogP contribution in [0.3, 0.4) is 0 Å². The molecule has 9 heteroatoms. The second-order valence-electron chi connectivity index (χ2n) is 7.59. The first-order valence-electron chi connectivity index (χ1n) is 10.4. The van der Waals surface area contributed by atoms with Crippen molar-refractivity contribution < 1.29 is 24.5 Å². The Morgan fingerprint density at radius 2 is 1.77 bits per heavy atom. The predicted molar refractivity (Wildman–Crippen MR) is 116 cm³/mol. The Labute approximate surface area is 179 Å². The van der Waals surface area contributed by atoms with Crippen molar-refractivity contribution in [2.45, 2.75) is 32.1 Å². The lowest BCUT2D eigenvalue weighted by Crippen LogP contribution is -2.30. The van der Waals surface area contributed by atoms with E-state index < -0.39 is 34.4 Å². The Kier molecular flexibility index (Phi) is 7.30. The minimum absolute atomic E-state index is 0.235. The van der Waals surface area contributed by atoms with Gasteiger partial charge in [-0.3, -0.25) is 4.79 Å². The number of nitrogens with two attached hydrogens (primary N) is 1. The van der Waals surface area contributed by atoms with Gasteiger partial charge in [-0.25, -0.2) is 9.59 Å². The minimum Gasteiger partial charge on any atom is -0.494 e. The molecular weight excluding hydrogens is 402 g/mol. The molecule has 3 rings (SSSR count). The summed E-state index contributed by atoms with van der Waals surface area (Å²) in [5.74, 6) is -2.92. The van der Waals surface area contributed by atoms with Gasteiger partial charge in [0.2, 0.25) is 0 Å². The average molecular weight is 429 g/mol. The van der Waals surface area contributed by atoms with Gasteiger partial charge in [-0.2, -0.15) is 0 Å². The number of nitrogens with one attached hydrogen (secondary N) is 1. The van der Waals surface area contributed by atoms with Gasteiger partial charge in [0, 0.05) is 5.56 Å². The molecule has 1 aromatic carbocycles. The Hall–Kier alpha value is -3.33. The van der Waals surface area contributed by atoms with Gasteiger partial charge < -0.3 is 30.6 Å². The summed E-state index contributed by atoms with van der Waals surface area (Å²) in [6, 6.07) is 6.37. The SMILES string of the molecule is Nc1[nH]c(=O)c(C(=O)O)c(-c2cccc(OCCCCN3CCCCC3)c2)c1C(=O)O. The smallest absolute Gasteiger partial charge is 0.342 e. The van der Waals surface area contributed by atoms with Crippen LogP contribution in [0.25, 0.3) is 11.1 Å². The van der Waals surface area contributed by atoms with E-state index in [0.29, 0.717) is 12.4 Å². The van der Waals surface area contributed by atoms with Crippen molar-refractivity contribution in [2.24, 2.45) is 0 Å². The van der Waals surface area contributed by atoms with Gasteiger partial charge in [-0.1, -0.05) is 18.6 Å². The summed E-state index contributed by atoms with van der Waals surface area (Å²) >= 11 is 0. The second kappa shape index (κ2) is 10.1. The fraction of sp³-hybridized carbons (Fsp3) is 0.409. The summed E-state index contributed by atoms with van der Waals surface area (Å²) < 4.78 is 5.79. The molecule has 0 atom stereocenters. The highest BCUT2D eigenvalue weighted by atomic mass is 16.5. The summed E-state index contributed by atoms with van der Waals surface area (Å²) in [5, 5.41) is 19.0. The molecule has 2 heterocycles. The standard InChI is InChI=1S/C22H27N3O6/c23-19-17(21(27)28)16(18(22(29)30)20(26)24-19)14-7-6-8-15(13-14)31-12-5-4-11-25-9-2-1-3-10-25/h6-8,13H,1-5,9-12H2,(H,27,28)(H,29,30)(H3,23,24,26). The molecule has 0 bridgehead atoms. The lowest BCUT2D eigenvalue weighted by molar-refractivity contribution is 0.0695. The first-order valence-corrected chi connectivity index (χ1v) is 10.4. The van der Waals surface area contributed by atoms with Crippen molar-refractivity contribution in [1.82, 2.24) is 9.88 Å². The normalized spacial score (nSPS) is 14.3. The second-order valence-corrected chi connectivity index (χ2v) is 7.59. The number of rotatable bonds is 9. The van der Waals surface area contributed by atoms with Crippen LogP contribution in [0.15, 0.2) is 29.1 Å². The Balaban J connectivity index is 1.76. The molecule has 5 N–H and O–H groups in total. The summed E-state index contributed by atoms with van der Waals surface area (Å²) in [5.41, 5.74) is 3.57. The number of benzene rings is 1. The maximum atomic E-state index is 12.2. The highest BCUT2D eigenvalue weighted by Gasteiger charge is 2.26. The van der Waals surface area contributed by atoms with Crippen LogP contribution in [-0.4, -0.2) is 58.3 Å². The number of anilines is 1. The maximum absolute atomic E-state index is 12.2. The van der Waals surface area contributed by atoms with Crippen molar-refractivity contribution in [3.63, 3.8) is 0 Å². The molecule has 0 radical (unpaired) electrons. The molecule has 166 valence electrons. The molecule has 1 aliphatic rings. The number of unbranched alkanes of at least 4 members (excludes halogenated alkanes) is 1. The Bertz CT molecular complexity index is 1010. The number of pyridine rings is 1. The number of aromatic amines is 1. The van der Waals surface area contributed by atoms with Crippen molar-refractivity contribution in [3.8, 4) is 16.9 Å². The third kappa shape index (κ3) is 5.43. The van der Waals surface area contributed by atoms with Crippen molar-refractivity contribution in [3.05, 3.63) is 45.7 Å². The lowest BCUT2D eigenvalue weighted by Gasteiger charge is -2.26. The zero-order valence-corrected chi connectivity index (χ0v) is 17.2. The lowest BCUT2D eigenvalue weighted by atomic mass is 9.95. The van der Waals surface area contributed by atoms with Crippen molar-refractivity contribution in [1.29, 1.82) is 0 Å². The molecule has 0 unspecified atom stereocenters. The van der Waals surface area contributed by atoms with Crippen LogP contribution >= 0.6 is 0 Å². The zero-order chi connectivity index (χ0) is 22.4. The van der Waals surface area contributed by atoms with Gasteiger partial charge in [0.1, 0.15) is 22.7 Å². The molecule has 1 aromatic heterocycles. The molecule has 31 heavy (non-hydrogen) atoms. The summed E-state index contributed by atoms with van der Waals surface area (Å²) in [6.07, 6.45) is 5.69.